The molecule has 21 heavy (non-hydrogen) atoms. The maximum Gasteiger partial charge on any atom is 0.182 e. The first-order chi connectivity index (χ1) is 10.0. The van der Waals surface area contributed by atoms with E-state index in [2.05, 4.69) is 21.3 Å². The highest BCUT2D eigenvalue weighted by molar-refractivity contribution is 6.30. The summed E-state index contributed by atoms with van der Waals surface area (Å²) >= 11 is 6.04. The molecule has 0 saturated carbocycles. The molecular weight excluding hydrogens is 284 g/mol. The molecule has 0 saturated heterocycles. The summed E-state index contributed by atoms with van der Waals surface area (Å²) < 4.78 is 1.85. The fourth-order valence-corrected chi connectivity index (χ4v) is 2.33. The van der Waals surface area contributed by atoms with Crippen LogP contribution in [0.25, 0.3) is 5.65 Å². The van der Waals surface area contributed by atoms with Gasteiger partial charge in [0.1, 0.15) is 5.65 Å². The van der Waals surface area contributed by atoms with Crippen molar-refractivity contribution in [2.75, 3.05) is 0 Å². The van der Waals surface area contributed by atoms with Gasteiger partial charge < -0.3 is 0 Å². The second kappa shape index (κ2) is 5.30. The van der Waals surface area contributed by atoms with E-state index in [-0.39, 0.29) is 0 Å². The molecule has 2 heterocycles. The Balaban J connectivity index is 2.09. The van der Waals surface area contributed by atoms with E-state index in [0.717, 1.165) is 28.2 Å². The lowest BCUT2D eigenvalue weighted by Gasteiger charge is -2.01. The molecule has 0 aliphatic heterocycles. The average Bonchev–Trinajstić information content (AvgIpc) is 2.75. The molecule has 0 unspecified atom stereocenters. The molecule has 0 fully saturated rings. The van der Waals surface area contributed by atoms with E-state index in [9.17, 15) is 0 Å². The van der Waals surface area contributed by atoms with E-state index in [1.54, 1.807) is 6.20 Å². The Morgan fingerprint density at radius 3 is 2.67 bits per heavy atom. The van der Waals surface area contributed by atoms with Crippen LogP contribution in [0.5, 0.6) is 0 Å². The molecular formula is C16H15ClN4. The number of nitrogens with zero attached hydrogens (tertiary/aromatic N) is 4. The molecule has 4 nitrogen and oxygen atoms in total. The first-order valence-corrected chi connectivity index (χ1v) is 7.05. The van der Waals surface area contributed by atoms with Gasteiger partial charge in [-0.3, -0.25) is 4.40 Å². The summed E-state index contributed by atoms with van der Waals surface area (Å²) in [5.41, 5.74) is 4.76. The molecule has 0 aliphatic rings. The molecule has 0 aliphatic carbocycles. The highest BCUT2D eigenvalue weighted by atomic mass is 35.5. The Labute approximate surface area is 128 Å². The number of aromatic nitrogens is 2. The zero-order valence-electron chi connectivity index (χ0n) is 12.1. The molecule has 0 N–H and O–H groups in total. The minimum atomic E-state index is 0.642. The van der Waals surface area contributed by atoms with E-state index in [4.69, 9.17) is 11.6 Å². The predicted molar refractivity (Wildman–Crippen MR) is 85.0 cm³/mol. The third-order valence-corrected chi connectivity index (χ3v) is 3.57. The molecule has 0 amide bonds. The van der Waals surface area contributed by atoms with Crippen molar-refractivity contribution in [1.82, 2.24) is 9.38 Å². The smallest absolute Gasteiger partial charge is 0.182 e. The molecule has 5 heteroatoms. The quantitative estimate of drug-likeness (QED) is 0.590. The van der Waals surface area contributed by atoms with Gasteiger partial charge in [-0.05, 0) is 50.1 Å². The SMILES string of the molecule is Cc1ccc(C)c(N=Nc2c(C)nc3ccc(Cl)cn23)c1. The second-order valence-electron chi connectivity index (χ2n) is 5.09. The van der Waals surface area contributed by atoms with Gasteiger partial charge in [-0.1, -0.05) is 23.7 Å². The van der Waals surface area contributed by atoms with Crippen LogP contribution >= 0.6 is 11.6 Å². The van der Waals surface area contributed by atoms with E-state index in [1.807, 2.05) is 49.4 Å². The first kappa shape index (κ1) is 13.8. The van der Waals surface area contributed by atoms with Gasteiger partial charge in [0.15, 0.2) is 5.82 Å². The average molecular weight is 299 g/mol. The summed E-state index contributed by atoms with van der Waals surface area (Å²) in [6.45, 7) is 5.97. The number of fused-ring (bicyclic) bond motifs is 1. The van der Waals surface area contributed by atoms with Crippen LogP contribution in [0, 0.1) is 20.8 Å². The van der Waals surface area contributed by atoms with Crippen LogP contribution in [-0.2, 0) is 0 Å². The number of pyridine rings is 1. The van der Waals surface area contributed by atoms with E-state index >= 15 is 0 Å². The van der Waals surface area contributed by atoms with Crippen molar-refractivity contribution in [2.24, 2.45) is 10.2 Å². The highest BCUT2D eigenvalue weighted by Gasteiger charge is 2.08. The van der Waals surface area contributed by atoms with E-state index < -0.39 is 0 Å². The van der Waals surface area contributed by atoms with Gasteiger partial charge >= 0.3 is 0 Å². The summed E-state index contributed by atoms with van der Waals surface area (Å²) in [6.07, 6.45) is 1.80. The fraction of sp³-hybridized carbons (Fsp3) is 0.188. The van der Waals surface area contributed by atoms with Crippen LogP contribution in [0.2, 0.25) is 5.02 Å². The van der Waals surface area contributed by atoms with Gasteiger partial charge in [0, 0.05) is 6.20 Å². The zero-order valence-corrected chi connectivity index (χ0v) is 12.9. The predicted octanol–water partition coefficient (Wildman–Crippen LogP) is 5.33. The maximum atomic E-state index is 6.04. The van der Waals surface area contributed by atoms with Crippen LogP contribution in [0.3, 0.4) is 0 Å². The van der Waals surface area contributed by atoms with E-state index in [0.29, 0.717) is 10.8 Å². The van der Waals surface area contributed by atoms with Gasteiger partial charge in [-0.2, -0.15) is 0 Å². The van der Waals surface area contributed by atoms with Crippen molar-refractivity contribution in [3.05, 3.63) is 58.4 Å². The number of hydrogen-bond acceptors (Lipinski definition) is 3. The number of benzene rings is 1. The van der Waals surface area contributed by atoms with Gasteiger partial charge in [0.2, 0.25) is 0 Å². The number of imidazole rings is 1. The molecule has 0 atom stereocenters. The van der Waals surface area contributed by atoms with Crippen molar-refractivity contribution in [3.8, 4) is 0 Å². The Kier molecular flexibility index (Phi) is 3.47. The molecule has 106 valence electrons. The monoisotopic (exact) mass is 298 g/mol. The lowest BCUT2D eigenvalue weighted by molar-refractivity contribution is 1.09. The summed E-state index contributed by atoms with van der Waals surface area (Å²) in [5.74, 6) is 0.702. The number of azo groups is 1. The third kappa shape index (κ3) is 2.67. The Hall–Kier alpha value is -2.20. The van der Waals surface area contributed by atoms with Gasteiger partial charge in [0.25, 0.3) is 0 Å². The standard InChI is InChI=1S/C16H15ClN4/c1-10-4-5-11(2)14(8-10)19-20-16-12(3)18-15-7-6-13(17)9-21(15)16/h4-9H,1-3H3. The van der Waals surface area contributed by atoms with Crippen molar-refractivity contribution in [2.45, 2.75) is 20.8 Å². The van der Waals surface area contributed by atoms with Gasteiger partial charge in [0.05, 0.1) is 16.4 Å². The normalized spacial score (nSPS) is 11.6. The van der Waals surface area contributed by atoms with Crippen LogP contribution < -0.4 is 0 Å². The van der Waals surface area contributed by atoms with Crippen molar-refractivity contribution >= 4 is 28.8 Å². The fourth-order valence-electron chi connectivity index (χ4n) is 2.17. The summed E-state index contributed by atoms with van der Waals surface area (Å²) in [7, 11) is 0. The summed E-state index contributed by atoms with van der Waals surface area (Å²) in [4.78, 5) is 4.46. The Morgan fingerprint density at radius 2 is 1.86 bits per heavy atom. The molecule has 0 radical (unpaired) electrons. The molecule has 0 bridgehead atoms. The molecule has 2 aromatic heterocycles. The third-order valence-electron chi connectivity index (χ3n) is 3.34. The Bertz CT molecular complexity index is 849. The highest BCUT2D eigenvalue weighted by Crippen LogP contribution is 2.26. The zero-order chi connectivity index (χ0) is 15.0. The number of aryl methyl sites for hydroxylation is 3. The summed E-state index contributed by atoms with van der Waals surface area (Å²) in [5, 5.41) is 9.39. The number of rotatable bonds is 2. The minimum absolute atomic E-state index is 0.642. The lowest BCUT2D eigenvalue weighted by Crippen LogP contribution is -1.83. The molecule has 3 rings (SSSR count). The lowest BCUT2D eigenvalue weighted by atomic mass is 10.1. The van der Waals surface area contributed by atoms with Crippen molar-refractivity contribution in [3.63, 3.8) is 0 Å². The number of halogens is 1. The van der Waals surface area contributed by atoms with Crippen molar-refractivity contribution < 1.29 is 0 Å². The summed E-state index contributed by atoms with van der Waals surface area (Å²) in [6, 6.07) is 9.81. The van der Waals surface area contributed by atoms with Crippen LogP contribution in [0.1, 0.15) is 16.8 Å². The maximum absolute atomic E-state index is 6.04. The van der Waals surface area contributed by atoms with Gasteiger partial charge in [-0.15, -0.1) is 10.2 Å². The van der Waals surface area contributed by atoms with Crippen LogP contribution in [0.4, 0.5) is 11.5 Å². The molecule has 0 spiro atoms. The topological polar surface area (TPSA) is 42.0 Å². The van der Waals surface area contributed by atoms with E-state index in [1.165, 1.54) is 0 Å². The minimum Gasteiger partial charge on any atom is -0.281 e. The molecule has 3 aromatic rings. The largest absolute Gasteiger partial charge is 0.281 e. The number of hydrogen-bond donors (Lipinski definition) is 0. The van der Waals surface area contributed by atoms with Crippen molar-refractivity contribution in [1.29, 1.82) is 0 Å². The second-order valence-corrected chi connectivity index (χ2v) is 5.52. The van der Waals surface area contributed by atoms with Crippen LogP contribution in [-0.4, -0.2) is 9.38 Å². The van der Waals surface area contributed by atoms with Gasteiger partial charge in [-0.25, -0.2) is 4.98 Å². The molecule has 1 aromatic carbocycles. The first-order valence-electron chi connectivity index (χ1n) is 6.68. The Morgan fingerprint density at radius 1 is 1.05 bits per heavy atom. The van der Waals surface area contributed by atoms with Crippen LogP contribution in [0.15, 0.2) is 46.8 Å².